The van der Waals surface area contributed by atoms with E-state index in [0.29, 0.717) is 11.1 Å². The maximum absolute atomic E-state index is 12.4. The number of rotatable bonds is 10. The number of likely N-dealkylation sites (tertiary alicyclic amines) is 1. The van der Waals surface area contributed by atoms with E-state index in [0.717, 1.165) is 44.4 Å². The molecule has 1 saturated carbocycles. The predicted octanol–water partition coefficient (Wildman–Crippen LogP) is 5.90. The molecule has 0 spiro atoms. The van der Waals surface area contributed by atoms with Gasteiger partial charge in [0.1, 0.15) is 0 Å². The highest BCUT2D eigenvalue weighted by molar-refractivity contribution is 6.30. The fourth-order valence-electron chi connectivity index (χ4n) is 4.68. The molecule has 6 heteroatoms. The van der Waals surface area contributed by atoms with Gasteiger partial charge in [-0.15, -0.1) is 0 Å². The molecule has 0 unspecified atom stereocenters. The van der Waals surface area contributed by atoms with Crippen molar-refractivity contribution >= 4 is 23.4 Å². The van der Waals surface area contributed by atoms with Crippen LogP contribution in [0.15, 0.2) is 24.3 Å². The summed E-state index contributed by atoms with van der Waals surface area (Å²) in [4.78, 5) is 16.8. The Morgan fingerprint density at radius 1 is 1.03 bits per heavy atom. The lowest BCUT2D eigenvalue weighted by Gasteiger charge is -2.36. The zero-order valence-corrected chi connectivity index (χ0v) is 19.1. The van der Waals surface area contributed by atoms with E-state index in [2.05, 4.69) is 4.90 Å². The molecule has 30 heavy (non-hydrogen) atoms. The first-order chi connectivity index (χ1) is 14.7. The summed E-state index contributed by atoms with van der Waals surface area (Å²) in [6, 6.07) is 7.53. The van der Waals surface area contributed by atoms with Crippen molar-refractivity contribution in [1.82, 2.24) is 4.90 Å². The Morgan fingerprint density at radius 3 is 2.37 bits per heavy atom. The van der Waals surface area contributed by atoms with Crippen molar-refractivity contribution in [1.29, 1.82) is 0 Å². The number of benzene rings is 1. The Kier molecular flexibility index (Phi) is 9.76. The first kappa shape index (κ1) is 23.4. The number of methoxy groups -OCH3 is 1. The molecule has 3 rings (SSSR count). The number of carbonyl (C=O) groups is 1. The summed E-state index contributed by atoms with van der Waals surface area (Å²) in [5.41, 5.74) is 0.838. The van der Waals surface area contributed by atoms with Crippen LogP contribution in [0.3, 0.4) is 0 Å². The highest BCUT2D eigenvalue weighted by atomic mass is 35.5. The first-order valence-corrected chi connectivity index (χ1v) is 12.0. The molecule has 1 aromatic rings. The molecule has 1 saturated heterocycles. The second-order valence-corrected chi connectivity index (χ2v) is 9.02. The van der Waals surface area contributed by atoms with Crippen LogP contribution in [0.5, 0.6) is 0 Å². The SMILES string of the molecule is COC(=O)N(c1ccc(Cl)cc1)C1CCC(OCCCCCCN2CCCC2)CC1. The average Bonchev–Trinajstić information content (AvgIpc) is 3.29. The van der Waals surface area contributed by atoms with Crippen molar-refractivity contribution in [3.63, 3.8) is 0 Å². The second kappa shape index (κ2) is 12.5. The van der Waals surface area contributed by atoms with Gasteiger partial charge in [0.25, 0.3) is 0 Å². The molecule has 0 N–H and O–H groups in total. The number of carbonyl (C=O) groups excluding carboxylic acids is 1. The third kappa shape index (κ3) is 7.14. The molecule has 0 atom stereocenters. The largest absolute Gasteiger partial charge is 0.452 e. The minimum absolute atomic E-state index is 0.143. The van der Waals surface area contributed by atoms with E-state index in [-0.39, 0.29) is 12.1 Å². The fraction of sp³-hybridized carbons (Fsp3) is 0.708. The summed E-state index contributed by atoms with van der Waals surface area (Å²) >= 11 is 6.00. The van der Waals surface area contributed by atoms with Crippen LogP contribution in [0, 0.1) is 0 Å². The number of halogens is 1. The molecule has 1 aromatic carbocycles. The number of hydrogen-bond acceptors (Lipinski definition) is 4. The number of nitrogens with zero attached hydrogens (tertiary/aromatic N) is 2. The third-order valence-corrected chi connectivity index (χ3v) is 6.66. The van der Waals surface area contributed by atoms with Crippen molar-refractivity contribution in [3.05, 3.63) is 29.3 Å². The number of anilines is 1. The molecule has 1 amide bonds. The van der Waals surface area contributed by atoms with E-state index in [1.54, 1.807) is 4.90 Å². The molecule has 1 heterocycles. The molecule has 0 aromatic heterocycles. The molecule has 0 bridgehead atoms. The van der Waals surface area contributed by atoms with Crippen molar-refractivity contribution < 1.29 is 14.3 Å². The normalized spacial score (nSPS) is 22.2. The van der Waals surface area contributed by atoms with E-state index < -0.39 is 0 Å². The number of amides is 1. The minimum atomic E-state index is -0.310. The average molecular weight is 437 g/mol. The van der Waals surface area contributed by atoms with E-state index in [1.165, 1.54) is 58.8 Å². The van der Waals surface area contributed by atoms with Gasteiger partial charge in [0.15, 0.2) is 0 Å². The van der Waals surface area contributed by atoms with Gasteiger partial charge in [0, 0.05) is 23.4 Å². The summed E-state index contributed by atoms with van der Waals surface area (Å²) in [6.07, 6.45) is 11.6. The van der Waals surface area contributed by atoms with Gasteiger partial charge in [-0.25, -0.2) is 4.79 Å². The van der Waals surface area contributed by atoms with E-state index in [9.17, 15) is 4.79 Å². The summed E-state index contributed by atoms with van der Waals surface area (Å²) in [5, 5.41) is 0.664. The van der Waals surface area contributed by atoms with Gasteiger partial charge in [-0.3, -0.25) is 4.90 Å². The van der Waals surface area contributed by atoms with Crippen LogP contribution in [0.1, 0.15) is 64.2 Å². The summed E-state index contributed by atoms with van der Waals surface area (Å²) in [6.45, 7) is 4.74. The van der Waals surface area contributed by atoms with Gasteiger partial charge < -0.3 is 14.4 Å². The van der Waals surface area contributed by atoms with Gasteiger partial charge in [0.2, 0.25) is 0 Å². The zero-order valence-electron chi connectivity index (χ0n) is 18.4. The van der Waals surface area contributed by atoms with Gasteiger partial charge in [0.05, 0.1) is 13.2 Å². The molecular formula is C24H37ClN2O3. The first-order valence-electron chi connectivity index (χ1n) is 11.6. The maximum atomic E-state index is 12.4. The van der Waals surface area contributed by atoms with Crippen LogP contribution < -0.4 is 4.90 Å². The maximum Gasteiger partial charge on any atom is 0.414 e. The Bertz CT molecular complexity index is 626. The van der Waals surface area contributed by atoms with Gasteiger partial charge in [-0.05, 0) is 95.3 Å². The lowest BCUT2D eigenvalue weighted by atomic mass is 9.91. The van der Waals surface area contributed by atoms with Gasteiger partial charge >= 0.3 is 6.09 Å². The van der Waals surface area contributed by atoms with Crippen molar-refractivity contribution in [2.45, 2.75) is 76.4 Å². The Labute approximate surface area is 186 Å². The fourth-order valence-corrected chi connectivity index (χ4v) is 4.81. The highest BCUT2D eigenvalue weighted by Gasteiger charge is 2.30. The predicted molar refractivity (Wildman–Crippen MR) is 122 cm³/mol. The molecule has 0 radical (unpaired) electrons. The summed E-state index contributed by atoms with van der Waals surface area (Å²) < 4.78 is 11.2. The Hall–Kier alpha value is -1.30. The van der Waals surface area contributed by atoms with Gasteiger partial charge in [-0.1, -0.05) is 24.4 Å². The number of ether oxygens (including phenoxy) is 2. The number of unbranched alkanes of at least 4 members (excludes halogenated alkanes) is 3. The monoisotopic (exact) mass is 436 g/mol. The van der Waals surface area contributed by atoms with E-state index in [4.69, 9.17) is 21.1 Å². The molecule has 1 aliphatic heterocycles. The number of hydrogen-bond donors (Lipinski definition) is 0. The van der Waals surface area contributed by atoms with Gasteiger partial charge in [-0.2, -0.15) is 0 Å². The lowest BCUT2D eigenvalue weighted by molar-refractivity contribution is 0.0223. The molecule has 2 aliphatic rings. The molecule has 5 nitrogen and oxygen atoms in total. The van der Waals surface area contributed by atoms with Crippen LogP contribution in [0.4, 0.5) is 10.5 Å². The quantitative estimate of drug-likeness (QED) is 0.428. The summed E-state index contributed by atoms with van der Waals surface area (Å²) in [7, 11) is 1.44. The molecule has 168 valence electrons. The van der Waals surface area contributed by atoms with Crippen LogP contribution in [0.25, 0.3) is 0 Å². The van der Waals surface area contributed by atoms with E-state index >= 15 is 0 Å². The minimum Gasteiger partial charge on any atom is -0.452 e. The third-order valence-electron chi connectivity index (χ3n) is 6.41. The van der Waals surface area contributed by atoms with Crippen LogP contribution >= 0.6 is 11.6 Å². The molecule has 1 aliphatic carbocycles. The lowest BCUT2D eigenvalue weighted by Crippen LogP contribution is -2.43. The highest BCUT2D eigenvalue weighted by Crippen LogP contribution is 2.30. The van der Waals surface area contributed by atoms with Crippen molar-refractivity contribution in [3.8, 4) is 0 Å². The molecule has 2 fully saturated rings. The second-order valence-electron chi connectivity index (χ2n) is 8.58. The van der Waals surface area contributed by atoms with Crippen molar-refractivity contribution in [2.75, 3.05) is 38.3 Å². The topological polar surface area (TPSA) is 42.0 Å². The smallest absolute Gasteiger partial charge is 0.414 e. The standard InChI is InChI=1S/C24H37ClN2O3/c1-29-24(28)27(21-10-8-20(25)9-11-21)22-12-14-23(15-13-22)30-19-7-3-2-4-16-26-17-5-6-18-26/h8-11,22-23H,2-7,12-19H2,1H3. The zero-order chi connectivity index (χ0) is 21.2. The van der Waals surface area contributed by atoms with Crippen LogP contribution in [-0.4, -0.2) is 56.5 Å². The summed E-state index contributed by atoms with van der Waals surface area (Å²) in [5.74, 6) is 0. The Morgan fingerprint density at radius 2 is 1.70 bits per heavy atom. The molecular weight excluding hydrogens is 400 g/mol. The van der Waals surface area contributed by atoms with Crippen molar-refractivity contribution in [2.24, 2.45) is 0 Å². The van der Waals surface area contributed by atoms with E-state index in [1.807, 2.05) is 24.3 Å². The van der Waals surface area contributed by atoms with Crippen LogP contribution in [0.2, 0.25) is 5.02 Å². The van der Waals surface area contributed by atoms with Crippen LogP contribution in [-0.2, 0) is 9.47 Å². The Balaban J connectivity index is 1.33.